The molecule has 12 rings (SSSR count). The Hall–Kier alpha value is -11.1. The predicted molar refractivity (Wildman–Crippen MR) is 399 cm³/mol. The lowest BCUT2D eigenvalue weighted by Gasteiger charge is -2.24. The van der Waals surface area contributed by atoms with Crippen molar-refractivity contribution in [2.45, 2.75) is 61.4 Å². The van der Waals surface area contributed by atoms with Gasteiger partial charge in [-0.15, -0.1) is 22.7 Å². The van der Waals surface area contributed by atoms with Crippen molar-refractivity contribution < 1.29 is 80.9 Å². The van der Waals surface area contributed by atoms with Gasteiger partial charge in [0.2, 0.25) is 11.8 Å². The number of nitrogens with zero attached hydrogens (tertiary/aromatic N) is 6. The SMILES string of the molecule is COc1ccc2sc(/C(C#N)=c3/c4c(-c5ccc(OCCCCC(=O)NSC(F)(F)C(F)(F)F)cc5)n(B(c5ccccc5)c5ccccc5)/c(=C(\C#N)c5nc6cc(OC)ccc6s5)c4c(-c4ccc(OCCCCC(=O)NS(=O)(=O)C(F)(F)C(F)(F)F)cc4)n3B(c3ccccc3)c3ccccc3)nc2c1. The largest absolute Gasteiger partial charge is 0.497 e. The summed E-state index contributed by atoms with van der Waals surface area (Å²) in [6.45, 7) is -1.86. The van der Waals surface area contributed by atoms with Gasteiger partial charge in [-0.1, -0.05) is 143 Å². The summed E-state index contributed by atoms with van der Waals surface area (Å²) in [4.78, 5) is 35.4. The van der Waals surface area contributed by atoms with Crippen LogP contribution in [-0.2, 0) is 19.6 Å². The predicted octanol–water partition coefficient (Wildman–Crippen LogP) is 13.4. The maximum Gasteiger partial charge on any atom is 0.471 e. The first kappa shape index (κ1) is 76.6. The Morgan fingerprint density at radius 2 is 0.861 bits per heavy atom. The number of sulfonamides is 1. The molecule has 0 unspecified atom stereocenters. The van der Waals surface area contributed by atoms with Gasteiger partial charge in [-0.2, -0.15) is 62.8 Å². The number of alkyl halides is 10. The van der Waals surface area contributed by atoms with E-state index in [1.54, 1.807) is 65.4 Å². The molecule has 0 saturated heterocycles. The number of nitriles is 2. The minimum atomic E-state index is -6.50. The van der Waals surface area contributed by atoms with E-state index in [0.717, 1.165) is 26.6 Å². The Morgan fingerprint density at radius 3 is 1.20 bits per heavy atom. The van der Waals surface area contributed by atoms with E-state index in [1.807, 2.05) is 146 Å². The zero-order valence-corrected chi connectivity index (χ0v) is 60.1. The number of aromatic nitrogens is 4. The molecular weight excluding hydrogens is 1490 g/mol. The van der Waals surface area contributed by atoms with Crippen LogP contribution in [0.3, 0.4) is 0 Å². The molecular formula is C76H58B2F10N8O8S4. The topological polar surface area (TPSA) is 212 Å². The minimum absolute atomic E-state index is 0.00676. The standard InChI is InChI=1S/C76H58B2F10N8O8S4/c1-101-55-37-39-61-59(43-55)91-71(105-61)57(45-89)69-65-66(68(96(69)78(51-23-11-5-12-24-51)52-25-13-6-14-26-52)48-31-35-54(36-32-48)104-42-18-16-28-64(98)94-108(99,100)76(87,88)74(82,83)84)70(58(46-90)72-92-60-44-56(102-2)38-40-62(60)106-72)95(77(49-19-7-3-8-20-49)50-21-9-4-10-22-50)67(65)47-29-33-53(34-30-47)103-41-17-15-27-63(97)93-107-75(85,86)73(79,80)81/h3-14,19-26,29-40,43-44H,15-18,27-28,41-42H2,1-2H3,(H,93,97)(H,94,98)/b69-57-,70-58+. The average Bonchev–Trinajstić information content (AvgIpc) is 1.52. The zero-order valence-electron chi connectivity index (χ0n) is 56.8. The van der Waals surface area contributed by atoms with E-state index in [2.05, 4.69) is 21.1 Å². The van der Waals surface area contributed by atoms with Crippen molar-refractivity contribution >= 4 is 134 Å². The molecule has 0 spiro atoms. The van der Waals surface area contributed by atoms with E-state index in [9.17, 15) is 72.4 Å². The van der Waals surface area contributed by atoms with Crippen molar-refractivity contribution in [1.29, 1.82) is 10.5 Å². The van der Waals surface area contributed by atoms with Gasteiger partial charge in [0.1, 0.15) is 56.3 Å². The van der Waals surface area contributed by atoms with Crippen molar-refractivity contribution in [3.8, 4) is 57.7 Å². The molecule has 12 aromatic rings. The number of fused-ring (bicyclic) bond motifs is 3. The van der Waals surface area contributed by atoms with Crippen LogP contribution in [0.2, 0.25) is 0 Å². The van der Waals surface area contributed by atoms with E-state index < -0.39 is 76.8 Å². The summed E-state index contributed by atoms with van der Waals surface area (Å²) in [5.74, 6) is -1.05. The lowest BCUT2D eigenvalue weighted by atomic mass is 9.50. The van der Waals surface area contributed by atoms with Gasteiger partial charge in [-0.05, 0) is 110 Å². The van der Waals surface area contributed by atoms with Crippen molar-refractivity contribution in [2.24, 2.45) is 0 Å². The number of unbranched alkanes of at least 4 members (excludes halogenated alkanes) is 2. The Bertz CT molecular complexity index is 5450. The van der Waals surface area contributed by atoms with Crippen LogP contribution in [-0.4, -0.2) is 103 Å². The highest BCUT2D eigenvalue weighted by molar-refractivity contribution is 7.99. The number of rotatable bonds is 28. The molecule has 2 N–H and O–H groups in total. The van der Waals surface area contributed by atoms with Crippen LogP contribution in [0.25, 0.3) is 64.9 Å². The van der Waals surface area contributed by atoms with Crippen LogP contribution in [0, 0.1) is 22.7 Å². The fraction of sp³-hybridized carbons (Fsp3) is 0.184. The van der Waals surface area contributed by atoms with Crippen LogP contribution >= 0.6 is 34.6 Å². The highest BCUT2D eigenvalue weighted by Crippen LogP contribution is 2.44. The second-order valence-electron chi connectivity index (χ2n) is 24.4. The van der Waals surface area contributed by atoms with Gasteiger partial charge < -0.3 is 27.9 Å². The molecule has 0 aliphatic carbocycles. The molecule has 0 atom stereocenters. The second kappa shape index (κ2) is 32.2. The number of ether oxygens (including phenoxy) is 4. The number of benzene rings is 8. The summed E-state index contributed by atoms with van der Waals surface area (Å²) in [5.41, 5.74) is 6.11. The van der Waals surface area contributed by atoms with Gasteiger partial charge in [0.25, 0.3) is 0 Å². The van der Waals surface area contributed by atoms with Gasteiger partial charge in [0, 0.05) is 59.1 Å². The van der Waals surface area contributed by atoms with Crippen LogP contribution in [0.5, 0.6) is 23.0 Å². The average molecular weight is 1550 g/mol. The number of nitrogens with one attached hydrogen (secondary N) is 2. The van der Waals surface area contributed by atoms with Crippen LogP contribution in [0.4, 0.5) is 43.9 Å². The number of thiazole rings is 2. The highest BCUT2D eigenvalue weighted by atomic mass is 32.2. The molecule has 4 heterocycles. The quantitative estimate of drug-likeness (QED) is 0.0202. The Morgan fingerprint density at radius 1 is 0.500 bits per heavy atom. The monoisotopic (exact) mass is 1550 g/mol. The fourth-order valence-corrected chi connectivity index (χ4v) is 15.6. The Kier molecular flexibility index (Phi) is 22.8. The van der Waals surface area contributed by atoms with Gasteiger partial charge in [0.15, 0.2) is 0 Å². The number of carbonyl (C=O) groups excluding carboxylic acids is 2. The second-order valence-corrected chi connectivity index (χ2v) is 29.1. The van der Waals surface area contributed by atoms with Gasteiger partial charge in [0.05, 0.1) is 58.6 Å². The van der Waals surface area contributed by atoms with Gasteiger partial charge in [-0.3, -0.25) is 14.3 Å². The first-order chi connectivity index (χ1) is 51.8. The van der Waals surface area contributed by atoms with E-state index in [-0.39, 0.29) is 62.2 Å². The normalized spacial score (nSPS) is 12.6. The lowest BCUT2D eigenvalue weighted by molar-refractivity contribution is -0.241. The molecule has 8 aromatic carbocycles. The third-order valence-corrected chi connectivity index (χ3v) is 21.7. The third kappa shape index (κ3) is 16.0. The van der Waals surface area contributed by atoms with E-state index in [4.69, 9.17) is 28.9 Å². The Labute approximate surface area is 623 Å². The maximum absolute atomic E-state index is 13.9. The first-order valence-corrected chi connectivity index (χ1v) is 37.0. The van der Waals surface area contributed by atoms with Crippen molar-refractivity contribution in [3.05, 3.63) is 227 Å². The summed E-state index contributed by atoms with van der Waals surface area (Å²) >= 11 is 1.50. The van der Waals surface area contributed by atoms with Crippen molar-refractivity contribution in [3.63, 3.8) is 0 Å². The smallest absolute Gasteiger partial charge is 0.471 e. The first-order valence-electron chi connectivity index (χ1n) is 33.1. The van der Waals surface area contributed by atoms with E-state index in [1.165, 1.54) is 36.9 Å². The van der Waals surface area contributed by atoms with Crippen molar-refractivity contribution in [1.82, 2.24) is 28.4 Å². The van der Waals surface area contributed by atoms with E-state index in [0.29, 0.717) is 91.7 Å². The zero-order chi connectivity index (χ0) is 76.7. The summed E-state index contributed by atoms with van der Waals surface area (Å²) < 4.78 is 188. The number of methoxy groups -OCH3 is 2. The Balaban J connectivity index is 1.15. The summed E-state index contributed by atoms with van der Waals surface area (Å²) in [7, 11) is -3.44. The summed E-state index contributed by atoms with van der Waals surface area (Å²) in [6.07, 6.45) is -13.5. The molecule has 32 heteroatoms. The summed E-state index contributed by atoms with van der Waals surface area (Å²) in [6, 6.07) is 68.3. The molecule has 550 valence electrons. The maximum atomic E-state index is 13.9. The highest BCUT2D eigenvalue weighted by Gasteiger charge is 2.68. The van der Waals surface area contributed by atoms with Crippen molar-refractivity contribution in [2.75, 3.05) is 27.4 Å². The van der Waals surface area contributed by atoms with Gasteiger partial charge in [-0.25, -0.2) is 14.7 Å². The third-order valence-electron chi connectivity index (χ3n) is 17.4. The molecule has 0 aliphatic rings. The number of hydrogen-bond acceptors (Lipinski definition) is 15. The summed E-state index contributed by atoms with van der Waals surface area (Å²) in [5, 5.41) is 15.6. The fourth-order valence-electron chi connectivity index (χ4n) is 12.4. The number of halogens is 10. The van der Waals surface area contributed by atoms with Crippen LogP contribution in [0.15, 0.2) is 206 Å². The lowest BCUT2D eigenvalue weighted by Crippen LogP contribution is -2.54. The van der Waals surface area contributed by atoms with Crippen LogP contribution < -0.4 is 60.9 Å². The molecule has 0 saturated carbocycles. The molecule has 4 aromatic heterocycles. The molecule has 2 amide bonds. The molecule has 0 fully saturated rings. The minimum Gasteiger partial charge on any atom is -0.497 e. The molecule has 0 aliphatic heterocycles. The molecule has 0 radical (unpaired) electrons. The van der Waals surface area contributed by atoms with E-state index >= 15 is 0 Å². The number of hydrogen-bond donors (Lipinski definition) is 2. The van der Waals surface area contributed by atoms with Gasteiger partial charge >= 0.3 is 46.6 Å². The van der Waals surface area contributed by atoms with Crippen LogP contribution in [0.1, 0.15) is 48.5 Å². The molecule has 0 bridgehead atoms. The molecule has 108 heavy (non-hydrogen) atoms. The number of amides is 2. The molecule has 16 nitrogen and oxygen atoms in total. The number of carbonyl (C=O) groups is 2.